The van der Waals surface area contributed by atoms with Gasteiger partial charge < -0.3 is 24.3 Å². The molecule has 0 amide bonds. The molecule has 5 nitrogen and oxygen atoms in total. The smallest absolute Gasteiger partial charge is 0.163 e. The van der Waals surface area contributed by atoms with Gasteiger partial charge in [0.1, 0.15) is 17.7 Å². The van der Waals surface area contributed by atoms with E-state index in [1.807, 2.05) is 24.3 Å². The van der Waals surface area contributed by atoms with Crippen molar-refractivity contribution in [1.82, 2.24) is 5.32 Å². The summed E-state index contributed by atoms with van der Waals surface area (Å²) in [6.45, 7) is 2.07. The summed E-state index contributed by atoms with van der Waals surface area (Å²) < 4.78 is 36.1. The van der Waals surface area contributed by atoms with Crippen LogP contribution in [0.25, 0.3) is 0 Å². The number of morpholine rings is 1. The monoisotopic (exact) mass is 383 g/mol. The van der Waals surface area contributed by atoms with Crippen LogP contribution in [0.1, 0.15) is 11.7 Å². The first kappa shape index (κ1) is 20.3. The lowest BCUT2D eigenvalue weighted by Crippen LogP contribution is -2.43. The molecule has 0 aliphatic carbocycles. The first-order valence-electron chi connectivity index (χ1n) is 8.17. The van der Waals surface area contributed by atoms with Crippen molar-refractivity contribution >= 4 is 12.4 Å². The van der Waals surface area contributed by atoms with Crippen LogP contribution in [0.4, 0.5) is 4.39 Å². The molecule has 142 valence electrons. The fourth-order valence-electron chi connectivity index (χ4n) is 2.83. The Morgan fingerprint density at radius 1 is 1.12 bits per heavy atom. The summed E-state index contributed by atoms with van der Waals surface area (Å²) in [6, 6.07) is 11.9. The Hall–Kier alpha value is -2.02. The molecule has 1 N–H and O–H groups in total. The third-order valence-electron chi connectivity index (χ3n) is 4.10. The van der Waals surface area contributed by atoms with Gasteiger partial charge in [0.2, 0.25) is 0 Å². The van der Waals surface area contributed by atoms with Gasteiger partial charge in [0.05, 0.1) is 20.8 Å². The standard InChI is InChI=1S/C19H22FNO4.ClH/c1-22-15-5-3-4-13(10-15)19(18-12-21-8-9-24-18)25-16-7-6-14(20)11-17(16)23-2;/h3-7,10-11,18-19,21H,8-9,12H2,1-2H3;1H/t18-,19-;/m0./s1. The number of hydrogen-bond acceptors (Lipinski definition) is 5. The Balaban J connectivity index is 0.00000243. The van der Waals surface area contributed by atoms with Crippen molar-refractivity contribution in [2.75, 3.05) is 33.9 Å². The highest BCUT2D eigenvalue weighted by Gasteiger charge is 2.29. The van der Waals surface area contributed by atoms with Crippen LogP contribution in [-0.4, -0.2) is 40.0 Å². The van der Waals surface area contributed by atoms with Gasteiger partial charge >= 0.3 is 0 Å². The fourth-order valence-corrected chi connectivity index (χ4v) is 2.83. The van der Waals surface area contributed by atoms with E-state index in [4.69, 9.17) is 18.9 Å². The van der Waals surface area contributed by atoms with Crippen LogP contribution in [-0.2, 0) is 4.74 Å². The molecule has 0 saturated carbocycles. The molecule has 1 heterocycles. The zero-order valence-corrected chi connectivity index (χ0v) is 15.6. The van der Waals surface area contributed by atoms with Gasteiger partial charge in [0.15, 0.2) is 17.6 Å². The molecule has 0 unspecified atom stereocenters. The predicted octanol–water partition coefficient (Wildman–Crippen LogP) is 3.37. The van der Waals surface area contributed by atoms with Gasteiger partial charge in [-0.05, 0) is 29.8 Å². The molecule has 2 aromatic rings. The minimum absolute atomic E-state index is 0. The van der Waals surface area contributed by atoms with Crippen molar-refractivity contribution < 1.29 is 23.3 Å². The van der Waals surface area contributed by atoms with Crippen LogP contribution >= 0.6 is 12.4 Å². The quantitative estimate of drug-likeness (QED) is 0.828. The summed E-state index contributed by atoms with van der Waals surface area (Å²) in [7, 11) is 3.11. The van der Waals surface area contributed by atoms with Crippen molar-refractivity contribution in [3.8, 4) is 17.2 Å². The van der Waals surface area contributed by atoms with Crippen molar-refractivity contribution in [3.05, 3.63) is 53.8 Å². The Kier molecular flexibility index (Phi) is 7.50. The molecule has 1 aliphatic rings. The second-order valence-electron chi connectivity index (χ2n) is 5.72. The summed E-state index contributed by atoms with van der Waals surface area (Å²) in [5, 5.41) is 3.31. The molecular weight excluding hydrogens is 361 g/mol. The van der Waals surface area contributed by atoms with Crippen LogP contribution in [0.2, 0.25) is 0 Å². The van der Waals surface area contributed by atoms with Gasteiger partial charge in [-0.3, -0.25) is 0 Å². The lowest BCUT2D eigenvalue weighted by molar-refractivity contribution is -0.0439. The Labute approximate surface area is 158 Å². The van der Waals surface area contributed by atoms with Crippen molar-refractivity contribution in [1.29, 1.82) is 0 Å². The molecule has 0 radical (unpaired) electrons. The Morgan fingerprint density at radius 3 is 2.65 bits per heavy atom. The molecule has 1 fully saturated rings. The van der Waals surface area contributed by atoms with Gasteiger partial charge in [-0.2, -0.15) is 0 Å². The number of hydrogen-bond donors (Lipinski definition) is 1. The van der Waals surface area contributed by atoms with E-state index in [2.05, 4.69) is 5.32 Å². The molecule has 0 aromatic heterocycles. The van der Waals surface area contributed by atoms with Gasteiger partial charge in [-0.15, -0.1) is 12.4 Å². The molecule has 2 aromatic carbocycles. The number of ether oxygens (including phenoxy) is 4. The van der Waals surface area contributed by atoms with E-state index in [1.165, 1.54) is 19.2 Å². The highest BCUT2D eigenvalue weighted by Crippen LogP contribution is 2.35. The van der Waals surface area contributed by atoms with Gasteiger partial charge in [-0.1, -0.05) is 12.1 Å². The third-order valence-corrected chi connectivity index (χ3v) is 4.10. The molecule has 26 heavy (non-hydrogen) atoms. The molecule has 7 heteroatoms. The summed E-state index contributed by atoms with van der Waals surface area (Å²) >= 11 is 0. The lowest BCUT2D eigenvalue weighted by Gasteiger charge is -2.32. The van der Waals surface area contributed by atoms with Gasteiger partial charge in [0.25, 0.3) is 0 Å². The highest BCUT2D eigenvalue weighted by atomic mass is 35.5. The lowest BCUT2D eigenvalue weighted by atomic mass is 10.0. The zero-order valence-electron chi connectivity index (χ0n) is 14.7. The van der Waals surface area contributed by atoms with E-state index in [0.29, 0.717) is 24.7 Å². The minimum atomic E-state index is -0.387. The van der Waals surface area contributed by atoms with Crippen molar-refractivity contribution in [3.63, 3.8) is 0 Å². The third kappa shape index (κ3) is 4.78. The van der Waals surface area contributed by atoms with E-state index in [1.54, 1.807) is 13.2 Å². The summed E-state index contributed by atoms with van der Waals surface area (Å²) in [5.74, 6) is 1.17. The second kappa shape index (κ2) is 9.62. The fraction of sp³-hybridized carbons (Fsp3) is 0.368. The molecule has 1 aliphatic heterocycles. The Morgan fingerprint density at radius 2 is 1.96 bits per heavy atom. The van der Waals surface area contributed by atoms with Gasteiger partial charge in [-0.25, -0.2) is 4.39 Å². The topological polar surface area (TPSA) is 49.0 Å². The van der Waals surface area contributed by atoms with E-state index in [-0.39, 0.29) is 30.4 Å². The SMILES string of the molecule is COc1cccc([C@H](Oc2ccc(F)cc2OC)[C@@H]2CNCCO2)c1.Cl. The van der Waals surface area contributed by atoms with Crippen molar-refractivity contribution in [2.45, 2.75) is 12.2 Å². The maximum Gasteiger partial charge on any atom is 0.163 e. The molecule has 3 rings (SSSR count). The minimum Gasteiger partial charge on any atom is -0.497 e. The van der Waals surface area contributed by atoms with Crippen LogP contribution in [0.3, 0.4) is 0 Å². The van der Waals surface area contributed by atoms with Crippen molar-refractivity contribution in [2.24, 2.45) is 0 Å². The van der Waals surface area contributed by atoms with E-state index in [0.717, 1.165) is 17.9 Å². The first-order chi connectivity index (χ1) is 12.2. The molecule has 2 atom stereocenters. The number of methoxy groups -OCH3 is 2. The number of halogens is 2. The molecule has 1 saturated heterocycles. The normalized spacial score (nSPS) is 17.7. The van der Waals surface area contributed by atoms with Crippen LogP contribution in [0, 0.1) is 5.82 Å². The average Bonchev–Trinajstić information content (AvgIpc) is 2.67. The predicted molar refractivity (Wildman–Crippen MR) is 99.2 cm³/mol. The maximum absolute atomic E-state index is 13.5. The first-order valence-corrected chi connectivity index (χ1v) is 8.17. The summed E-state index contributed by atoms with van der Waals surface area (Å²) in [4.78, 5) is 0. The van der Waals surface area contributed by atoms with Crippen LogP contribution < -0.4 is 19.5 Å². The summed E-state index contributed by atoms with van der Waals surface area (Å²) in [6.07, 6.45) is -0.571. The van der Waals surface area contributed by atoms with E-state index in [9.17, 15) is 4.39 Å². The largest absolute Gasteiger partial charge is 0.497 e. The van der Waals surface area contributed by atoms with E-state index >= 15 is 0 Å². The number of benzene rings is 2. The number of nitrogens with one attached hydrogen (secondary N) is 1. The van der Waals surface area contributed by atoms with Crippen LogP contribution in [0.15, 0.2) is 42.5 Å². The molecule has 0 bridgehead atoms. The average molecular weight is 384 g/mol. The highest BCUT2D eigenvalue weighted by molar-refractivity contribution is 5.85. The Bertz CT molecular complexity index is 710. The molecular formula is C19H23ClFNO4. The van der Waals surface area contributed by atoms with E-state index < -0.39 is 0 Å². The maximum atomic E-state index is 13.5. The summed E-state index contributed by atoms with van der Waals surface area (Å²) in [5.41, 5.74) is 0.916. The number of rotatable bonds is 6. The second-order valence-corrected chi connectivity index (χ2v) is 5.72. The van der Waals surface area contributed by atoms with Crippen LogP contribution in [0.5, 0.6) is 17.2 Å². The zero-order chi connectivity index (χ0) is 17.6. The molecule has 0 spiro atoms. The van der Waals surface area contributed by atoms with Gasteiger partial charge in [0, 0.05) is 19.2 Å².